The van der Waals surface area contributed by atoms with Crippen LogP contribution in [-0.2, 0) is 23.9 Å². The van der Waals surface area contributed by atoms with Crippen molar-refractivity contribution in [3.05, 3.63) is 77.0 Å². The van der Waals surface area contributed by atoms with Gasteiger partial charge < -0.3 is 15.1 Å². The lowest BCUT2D eigenvalue weighted by atomic mass is 10.1. The van der Waals surface area contributed by atoms with E-state index in [9.17, 15) is 31.1 Å². The van der Waals surface area contributed by atoms with Gasteiger partial charge >= 0.3 is 12.4 Å². The molecule has 0 bridgehead atoms. The number of halogens is 6. The average Bonchev–Trinajstić information content (AvgIpc) is 3.20. The second kappa shape index (κ2) is 9.51. The zero-order chi connectivity index (χ0) is 25.1. The zero-order valence-electron chi connectivity index (χ0n) is 17.4. The summed E-state index contributed by atoms with van der Waals surface area (Å²) in [7, 11) is 0. The maximum atomic E-state index is 13.3. The minimum absolute atomic E-state index is 0.0423. The highest BCUT2D eigenvalue weighted by Gasteiger charge is 2.36. The minimum Gasteiger partial charge on any atom is -0.459 e. The molecule has 0 spiro atoms. The van der Waals surface area contributed by atoms with Crippen molar-refractivity contribution in [2.45, 2.75) is 25.3 Å². The molecule has 1 aromatic heterocycles. The zero-order valence-corrected chi connectivity index (χ0v) is 17.4. The van der Waals surface area contributed by atoms with Crippen LogP contribution >= 0.6 is 0 Å². The molecule has 0 saturated carbocycles. The molecule has 34 heavy (non-hydrogen) atoms. The second-order valence-corrected chi connectivity index (χ2v) is 7.42. The van der Waals surface area contributed by atoms with E-state index in [1.807, 2.05) is 0 Å². The Morgan fingerprint density at radius 1 is 1.00 bits per heavy atom. The first-order chi connectivity index (χ1) is 15.9. The number of amides is 1. The Morgan fingerprint density at radius 3 is 2.24 bits per heavy atom. The van der Waals surface area contributed by atoms with Crippen molar-refractivity contribution < 1.29 is 35.6 Å². The van der Waals surface area contributed by atoms with E-state index < -0.39 is 42.5 Å². The summed E-state index contributed by atoms with van der Waals surface area (Å²) < 4.78 is 85.1. The summed E-state index contributed by atoms with van der Waals surface area (Å²) in [5.41, 5.74) is 4.02. The van der Waals surface area contributed by atoms with E-state index in [1.165, 1.54) is 18.2 Å². The smallest absolute Gasteiger partial charge is 0.417 e. The summed E-state index contributed by atoms with van der Waals surface area (Å²) in [4.78, 5) is 11.7. The number of hydrogen-bond donors (Lipinski definition) is 1. The second-order valence-electron chi connectivity index (χ2n) is 7.42. The molecule has 11 heteroatoms. The van der Waals surface area contributed by atoms with E-state index in [-0.39, 0.29) is 17.9 Å². The number of carbonyl (C=O) groups is 1. The van der Waals surface area contributed by atoms with Crippen LogP contribution < -0.4 is 10.6 Å². The van der Waals surface area contributed by atoms with Crippen LogP contribution in [0.1, 0.15) is 22.5 Å². The van der Waals surface area contributed by atoms with Crippen molar-refractivity contribution >= 4 is 11.6 Å². The molecule has 2 N–H and O–H groups in total. The Balaban J connectivity index is 1.89. The highest BCUT2D eigenvalue weighted by molar-refractivity contribution is 5.76. The number of hydrogen-bond acceptors (Lipinski definition) is 4. The Hall–Kier alpha value is -3.94. The number of nitrogens with zero attached hydrogens (tertiary/aromatic N) is 2. The lowest BCUT2D eigenvalue weighted by Crippen LogP contribution is -2.34. The molecule has 0 aliphatic heterocycles. The van der Waals surface area contributed by atoms with Gasteiger partial charge in [0.2, 0.25) is 5.91 Å². The highest BCUT2D eigenvalue weighted by atomic mass is 19.4. The Kier molecular flexibility index (Phi) is 6.91. The van der Waals surface area contributed by atoms with E-state index in [0.29, 0.717) is 27.9 Å². The van der Waals surface area contributed by atoms with Crippen molar-refractivity contribution in [1.29, 1.82) is 5.26 Å². The van der Waals surface area contributed by atoms with Crippen LogP contribution in [0.25, 0.3) is 11.3 Å². The largest absolute Gasteiger partial charge is 0.459 e. The Bertz CT molecular complexity index is 1210. The van der Waals surface area contributed by atoms with Gasteiger partial charge in [-0.15, -0.1) is 0 Å². The van der Waals surface area contributed by atoms with Gasteiger partial charge in [-0.25, -0.2) is 0 Å². The molecule has 1 heterocycles. The van der Waals surface area contributed by atoms with Gasteiger partial charge in [-0.3, -0.25) is 4.79 Å². The number of alkyl halides is 6. The fourth-order valence-corrected chi connectivity index (χ4v) is 3.31. The number of rotatable bonds is 7. The predicted octanol–water partition coefficient (Wildman–Crippen LogP) is 5.43. The molecule has 2 aromatic carbocycles. The first-order valence-corrected chi connectivity index (χ1v) is 9.75. The summed E-state index contributed by atoms with van der Waals surface area (Å²) in [6, 6.07) is 13.3. The third-order valence-electron chi connectivity index (χ3n) is 4.79. The quantitative estimate of drug-likeness (QED) is 0.456. The first kappa shape index (κ1) is 24.7. The number of carbonyl (C=O) groups excluding carboxylic acids is 1. The lowest BCUT2D eigenvalue weighted by Gasteiger charge is -2.26. The van der Waals surface area contributed by atoms with Crippen LogP contribution in [-0.4, -0.2) is 18.6 Å². The van der Waals surface area contributed by atoms with Crippen molar-refractivity contribution in [3.63, 3.8) is 0 Å². The van der Waals surface area contributed by atoms with Crippen LogP contribution in [0.4, 0.5) is 32.0 Å². The summed E-state index contributed by atoms with van der Waals surface area (Å²) in [6.07, 6.45) is -9.58. The average molecular weight is 481 g/mol. The summed E-state index contributed by atoms with van der Waals surface area (Å²) in [5.74, 6) is -0.101. The normalized spacial score (nSPS) is 11.8. The van der Waals surface area contributed by atoms with E-state index >= 15 is 0 Å². The van der Waals surface area contributed by atoms with Gasteiger partial charge in [0.25, 0.3) is 0 Å². The van der Waals surface area contributed by atoms with Crippen molar-refractivity contribution in [2.24, 2.45) is 5.73 Å². The molecule has 0 radical (unpaired) electrons. The molecule has 0 aliphatic rings. The number of primary amides is 1. The fraction of sp³-hybridized carbons (Fsp3) is 0.217. The molecule has 5 nitrogen and oxygen atoms in total. The monoisotopic (exact) mass is 481 g/mol. The van der Waals surface area contributed by atoms with Gasteiger partial charge in [0, 0.05) is 11.3 Å². The Morgan fingerprint density at radius 2 is 1.68 bits per heavy atom. The molecule has 0 atom stereocenters. The van der Waals surface area contributed by atoms with Gasteiger partial charge in [-0.1, -0.05) is 24.3 Å². The third kappa shape index (κ3) is 6.31. The van der Waals surface area contributed by atoms with E-state index in [2.05, 4.69) is 0 Å². The van der Waals surface area contributed by atoms with E-state index in [0.717, 1.165) is 12.1 Å². The molecule has 0 unspecified atom stereocenters. The lowest BCUT2D eigenvalue weighted by molar-refractivity contribution is -0.137. The fourth-order valence-electron chi connectivity index (χ4n) is 3.31. The van der Waals surface area contributed by atoms with Gasteiger partial charge in [0.1, 0.15) is 18.1 Å². The molecular weight excluding hydrogens is 464 g/mol. The predicted molar refractivity (Wildman–Crippen MR) is 110 cm³/mol. The van der Waals surface area contributed by atoms with Crippen molar-refractivity contribution in [3.8, 4) is 17.4 Å². The minimum atomic E-state index is -4.91. The van der Waals surface area contributed by atoms with Crippen LogP contribution in [0.15, 0.2) is 59.0 Å². The van der Waals surface area contributed by atoms with Crippen LogP contribution in [0.5, 0.6) is 0 Å². The molecule has 0 aliphatic carbocycles. The van der Waals surface area contributed by atoms with E-state index in [4.69, 9.17) is 15.4 Å². The third-order valence-corrected chi connectivity index (χ3v) is 4.79. The molecule has 0 fully saturated rings. The molecule has 3 rings (SSSR count). The maximum Gasteiger partial charge on any atom is 0.417 e. The standard InChI is InChI=1S/C23H17F6N3O2/c24-22(25,26)13-32(17-6-5-16(11-30)19(10-17)23(27,28)29)12-18-7-8-20(34-18)15-3-1-14(2-4-15)9-21(31)33/h1-8,10H,9,12-13H2,(H2,31,33). The molecule has 3 aromatic rings. The van der Waals surface area contributed by atoms with Gasteiger partial charge in [0.15, 0.2) is 0 Å². The molecular formula is C23H17F6N3O2. The number of nitrogens with two attached hydrogens (primary N) is 1. The molecule has 178 valence electrons. The van der Waals surface area contributed by atoms with Gasteiger partial charge in [-0.2, -0.15) is 31.6 Å². The van der Waals surface area contributed by atoms with Crippen LogP contribution in [0.3, 0.4) is 0 Å². The van der Waals surface area contributed by atoms with Crippen molar-refractivity contribution in [1.82, 2.24) is 0 Å². The number of nitriles is 1. The van der Waals surface area contributed by atoms with Gasteiger partial charge in [-0.05, 0) is 35.9 Å². The van der Waals surface area contributed by atoms with Crippen LogP contribution in [0.2, 0.25) is 0 Å². The van der Waals surface area contributed by atoms with Crippen LogP contribution in [0, 0.1) is 11.3 Å². The first-order valence-electron chi connectivity index (χ1n) is 9.75. The topological polar surface area (TPSA) is 83.3 Å². The SMILES string of the molecule is N#Cc1ccc(N(Cc2ccc(-c3ccc(CC(N)=O)cc3)o2)CC(F)(F)F)cc1C(F)(F)F. The summed E-state index contributed by atoms with van der Waals surface area (Å²) in [5, 5.41) is 8.92. The van der Waals surface area contributed by atoms with E-state index in [1.54, 1.807) is 24.3 Å². The highest BCUT2D eigenvalue weighted by Crippen LogP contribution is 2.36. The number of benzene rings is 2. The number of furan rings is 1. The summed E-state index contributed by atoms with van der Waals surface area (Å²) in [6.45, 7) is -2.00. The molecule has 1 amide bonds. The van der Waals surface area contributed by atoms with Crippen molar-refractivity contribution in [2.75, 3.05) is 11.4 Å². The Labute approximate surface area is 190 Å². The van der Waals surface area contributed by atoms with Gasteiger partial charge in [0.05, 0.1) is 30.2 Å². The number of anilines is 1. The summed E-state index contributed by atoms with van der Waals surface area (Å²) >= 11 is 0. The maximum absolute atomic E-state index is 13.3. The molecule has 0 saturated heterocycles.